The first-order valence-corrected chi connectivity index (χ1v) is 11.6. The third kappa shape index (κ3) is 3.88. The summed E-state index contributed by atoms with van der Waals surface area (Å²) in [5.41, 5.74) is 0.493. The van der Waals surface area contributed by atoms with Crippen LogP contribution in [0.1, 0.15) is 24.4 Å². The highest BCUT2D eigenvalue weighted by atomic mass is 16.6. The number of hydrogen-bond donors (Lipinski definition) is 1. The van der Waals surface area contributed by atoms with Crippen molar-refractivity contribution < 1.29 is 28.8 Å². The van der Waals surface area contributed by atoms with Gasteiger partial charge < -0.3 is 14.8 Å². The van der Waals surface area contributed by atoms with Crippen molar-refractivity contribution in [2.45, 2.75) is 18.9 Å². The van der Waals surface area contributed by atoms with Crippen molar-refractivity contribution in [3.8, 4) is 11.5 Å². The number of hydrogen-bond acceptors (Lipinski definition) is 7. The maximum atomic E-state index is 13.5. The number of amides is 3. The molecule has 36 heavy (non-hydrogen) atoms. The first kappa shape index (κ1) is 23.5. The van der Waals surface area contributed by atoms with Crippen LogP contribution in [-0.4, -0.2) is 41.8 Å². The van der Waals surface area contributed by atoms with Gasteiger partial charge in [0.05, 0.1) is 49.1 Å². The van der Waals surface area contributed by atoms with Crippen LogP contribution in [0.25, 0.3) is 0 Å². The Balaban J connectivity index is 1.46. The van der Waals surface area contributed by atoms with E-state index in [9.17, 15) is 24.5 Å². The fourth-order valence-corrected chi connectivity index (χ4v) is 5.72. The molecule has 2 fully saturated rings. The topological polar surface area (TPSA) is 128 Å². The summed E-state index contributed by atoms with van der Waals surface area (Å²) in [7, 11) is 2.90. The summed E-state index contributed by atoms with van der Waals surface area (Å²) in [6.45, 7) is 0. The number of nitro groups is 1. The van der Waals surface area contributed by atoms with Crippen molar-refractivity contribution in [2.24, 2.45) is 23.7 Å². The lowest BCUT2D eigenvalue weighted by atomic mass is 9.85. The molecule has 3 aliphatic rings. The molecule has 2 aliphatic carbocycles. The van der Waals surface area contributed by atoms with E-state index in [2.05, 4.69) is 5.32 Å². The average molecular weight is 492 g/mol. The van der Waals surface area contributed by atoms with Gasteiger partial charge in [-0.05, 0) is 42.0 Å². The molecule has 186 valence electrons. The maximum absolute atomic E-state index is 13.5. The van der Waals surface area contributed by atoms with Crippen LogP contribution in [0.4, 0.5) is 11.4 Å². The minimum atomic E-state index is -0.866. The van der Waals surface area contributed by atoms with Crippen LogP contribution in [-0.2, 0) is 14.4 Å². The average Bonchev–Trinajstić information content (AvgIpc) is 3.56. The lowest BCUT2D eigenvalue weighted by Crippen LogP contribution is -2.38. The van der Waals surface area contributed by atoms with Crippen LogP contribution < -0.4 is 14.8 Å². The van der Waals surface area contributed by atoms with Gasteiger partial charge in [0.1, 0.15) is 11.5 Å². The molecular formula is C26H25N3O7. The fourth-order valence-electron chi connectivity index (χ4n) is 5.72. The Morgan fingerprint density at radius 1 is 1.08 bits per heavy atom. The van der Waals surface area contributed by atoms with Gasteiger partial charge in [-0.1, -0.05) is 24.3 Å². The van der Waals surface area contributed by atoms with E-state index < -0.39 is 28.7 Å². The summed E-state index contributed by atoms with van der Waals surface area (Å²) in [4.78, 5) is 52.2. The molecule has 10 heteroatoms. The Morgan fingerprint density at radius 2 is 1.78 bits per heavy atom. The first-order valence-electron chi connectivity index (χ1n) is 11.6. The molecule has 5 unspecified atom stereocenters. The molecule has 1 saturated carbocycles. The number of carbonyl (C=O) groups excluding carboxylic acids is 3. The van der Waals surface area contributed by atoms with Gasteiger partial charge in [0.15, 0.2) is 0 Å². The number of anilines is 1. The molecule has 5 rings (SSSR count). The highest BCUT2D eigenvalue weighted by Crippen LogP contribution is 2.54. The number of allylic oxidation sites excluding steroid dienone is 2. The quantitative estimate of drug-likeness (QED) is 0.259. The number of nitro benzene ring substituents is 1. The number of imide groups is 1. The van der Waals surface area contributed by atoms with E-state index in [1.165, 1.54) is 37.3 Å². The molecule has 0 radical (unpaired) electrons. The number of non-ortho nitro benzene ring substituents is 1. The number of methoxy groups -OCH3 is 2. The minimum Gasteiger partial charge on any atom is -0.497 e. The van der Waals surface area contributed by atoms with Gasteiger partial charge in [-0.25, -0.2) is 0 Å². The number of likely N-dealkylation sites (tertiary alicyclic amines) is 1. The van der Waals surface area contributed by atoms with Gasteiger partial charge in [0.2, 0.25) is 17.7 Å². The maximum Gasteiger partial charge on any atom is 0.271 e. The second-order valence-electron chi connectivity index (χ2n) is 9.23. The number of carbonyl (C=O) groups is 3. The molecule has 3 amide bonds. The Hall–Kier alpha value is -4.21. The number of nitrogens with zero attached hydrogens (tertiary/aromatic N) is 2. The van der Waals surface area contributed by atoms with Gasteiger partial charge in [-0.2, -0.15) is 0 Å². The molecule has 10 nitrogen and oxygen atoms in total. The van der Waals surface area contributed by atoms with Gasteiger partial charge in [0, 0.05) is 12.1 Å². The van der Waals surface area contributed by atoms with E-state index in [4.69, 9.17) is 9.47 Å². The minimum absolute atomic E-state index is 0.0374. The predicted octanol–water partition coefficient (Wildman–Crippen LogP) is 3.49. The summed E-state index contributed by atoms with van der Waals surface area (Å²) in [6.07, 6.45) is 4.60. The van der Waals surface area contributed by atoms with E-state index in [0.29, 0.717) is 11.3 Å². The van der Waals surface area contributed by atoms with Crippen LogP contribution in [0.15, 0.2) is 54.6 Å². The third-order valence-corrected chi connectivity index (χ3v) is 7.34. The number of rotatable bonds is 8. The standard InChI is InChI=1S/C26H25N3O7/c1-35-18-5-3-4-14(11-18)20(28-25(31)23-15-6-7-16(10-15)24(23)26(28)32)13-22(30)27-19-12-17(29(33)34)8-9-21(19)36-2/h3-9,11-12,15-16,20,23-24H,10,13H2,1-2H3,(H,27,30). The van der Waals surface area contributed by atoms with E-state index >= 15 is 0 Å². The number of ether oxygens (including phenoxy) is 2. The Kier molecular flexibility index (Phi) is 5.95. The SMILES string of the molecule is COc1cccc(C(CC(=O)Nc2cc([N+](=O)[O-])ccc2OC)N2C(=O)C3C4C=CC(C4)C3C2=O)c1. The Bertz CT molecular complexity index is 1260. The second kappa shape index (κ2) is 9.10. The third-order valence-electron chi connectivity index (χ3n) is 7.34. The monoisotopic (exact) mass is 491 g/mol. The van der Waals surface area contributed by atoms with Gasteiger partial charge in [0.25, 0.3) is 5.69 Å². The largest absolute Gasteiger partial charge is 0.497 e. The van der Waals surface area contributed by atoms with Crippen molar-refractivity contribution in [1.29, 1.82) is 0 Å². The normalized spacial score (nSPS) is 24.6. The van der Waals surface area contributed by atoms with E-state index in [1.54, 1.807) is 24.3 Å². The van der Waals surface area contributed by atoms with E-state index in [1.807, 2.05) is 12.2 Å². The summed E-state index contributed by atoms with van der Waals surface area (Å²) >= 11 is 0. The number of nitrogens with one attached hydrogen (secondary N) is 1. The van der Waals surface area contributed by atoms with Gasteiger partial charge in [-0.3, -0.25) is 29.4 Å². The van der Waals surface area contributed by atoms with Crippen molar-refractivity contribution >= 4 is 29.1 Å². The lowest BCUT2D eigenvalue weighted by molar-refractivity contribution is -0.384. The zero-order valence-electron chi connectivity index (χ0n) is 19.7. The molecule has 2 aromatic carbocycles. The molecule has 0 spiro atoms. The fraction of sp³-hybridized carbons (Fsp3) is 0.346. The summed E-state index contributed by atoms with van der Waals surface area (Å²) in [5.74, 6) is -1.02. The van der Waals surface area contributed by atoms with Crippen molar-refractivity contribution in [2.75, 3.05) is 19.5 Å². The molecule has 2 aromatic rings. The molecule has 2 bridgehead atoms. The molecule has 5 atom stereocenters. The molecule has 1 heterocycles. The van der Waals surface area contributed by atoms with Crippen molar-refractivity contribution in [1.82, 2.24) is 4.90 Å². The molecular weight excluding hydrogens is 466 g/mol. The van der Waals surface area contributed by atoms with Crippen LogP contribution in [0.5, 0.6) is 11.5 Å². The summed E-state index contributed by atoms with van der Waals surface area (Å²) < 4.78 is 10.6. The van der Waals surface area contributed by atoms with Crippen LogP contribution in [0, 0.1) is 33.8 Å². The first-order chi connectivity index (χ1) is 17.3. The van der Waals surface area contributed by atoms with Crippen LogP contribution >= 0.6 is 0 Å². The molecule has 1 saturated heterocycles. The Labute approximate surface area is 207 Å². The Morgan fingerprint density at radius 3 is 2.39 bits per heavy atom. The highest BCUT2D eigenvalue weighted by molar-refractivity contribution is 6.07. The lowest BCUT2D eigenvalue weighted by Gasteiger charge is -2.28. The zero-order valence-corrected chi connectivity index (χ0v) is 19.7. The molecule has 1 aliphatic heterocycles. The van der Waals surface area contributed by atoms with Gasteiger partial charge >= 0.3 is 0 Å². The molecule has 0 aromatic heterocycles. The second-order valence-corrected chi connectivity index (χ2v) is 9.23. The number of fused-ring (bicyclic) bond motifs is 5. The summed E-state index contributed by atoms with van der Waals surface area (Å²) in [5, 5.41) is 13.9. The van der Waals surface area contributed by atoms with Crippen LogP contribution in [0.3, 0.4) is 0 Å². The summed E-state index contributed by atoms with van der Waals surface area (Å²) in [6, 6.07) is 9.93. The van der Waals surface area contributed by atoms with E-state index in [-0.39, 0.29) is 47.2 Å². The van der Waals surface area contributed by atoms with Crippen molar-refractivity contribution in [3.63, 3.8) is 0 Å². The smallest absolute Gasteiger partial charge is 0.271 e. The van der Waals surface area contributed by atoms with Gasteiger partial charge in [-0.15, -0.1) is 0 Å². The molecule has 1 N–H and O–H groups in total. The zero-order chi connectivity index (χ0) is 25.6. The van der Waals surface area contributed by atoms with Crippen molar-refractivity contribution in [3.05, 3.63) is 70.3 Å². The van der Waals surface area contributed by atoms with E-state index in [0.717, 1.165) is 6.42 Å². The highest BCUT2D eigenvalue weighted by Gasteiger charge is 2.60. The predicted molar refractivity (Wildman–Crippen MR) is 128 cm³/mol. The van der Waals surface area contributed by atoms with Crippen LogP contribution in [0.2, 0.25) is 0 Å². The number of benzene rings is 2.